The van der Waals surface area contributed by atoms with Crippen molar-refractivity contribution >= 4 is 10.0 Å². The number of sulfonamides is 1. The molecule has 0 aliphatic carbocycles. The third-order valence-corrected chi connectivity index (χ3v) is 7.09. The highest BCUT2D eigenvalue weighted by molar-refractivity contribution is 7.89. The number of ether oxygens (including phenoxy) is 2. The molecule has 2 heterocycles. The van der Waals surface area contributed by atoms with Gasteiger partial charge in [-0.05, 0) is 55.4 Å². The van der Waals surface area contributed by atoms with Crippen molar-refractivity contribution in [3.63, 3.8) is 0 Å². The van der Waals surface area contributed by atoms with E-state index in [0.29, 0.717) is 17.1 Å². The minimum absolute atomic E-state index is 0.0595. The van der Waals surface area contributed by atoms with Gasteiger partial charge in [-0.2, -0.15) is 0 Å². The molecule has 4 rings (SSSR count). The maximum atomic E-state index is 13.6. The van der Waals surface area contributed by atoms with E-state index < -0.39 is 15.8 Å². The summed E-state index contributed by atoms with van der Waals surface area (Å²) in [7, 11) is -1.70. The lowest BCUT2D eigenvalue weighted by Gasteiger charge is -2.38. The molecule has 2 aromatic rings. The highest BCUT2D eigenvalue weighted by atomic mass is 32.2. The third kappa shape index (κ3) is 4.44. The summed E-state index contributed by atoms with van der Waals surface area (Å²) < 4.78 is 52.9. The van der Waals surface area contributed by atoms with E-state index in [1.807, 2.05) is 18.2 Å². The predicted molar refractivity (Wildman–Crippen MR) is 111 cm³/mol. The van der Waals surface area contributed by atoms with Crippen molar-refractivity contribution in [1.82, 2.24) is 14.5 Å². The molecule has 0 amide bonds. The summed E-state index contributed by atoms with van der Waals surface area (Å²) in [5.41, 5.74) is 1.26. The summed E-state index contributed by atoms with van der Waals surface area (Å²) >= 11 is 0. The summed E-state index contributed by atoms with van der Waals surface area (Å²) in [5.74, 6) is 0.937. The molecule has 1 saturated heterocycles. The van der Waals surface area contributed by atoms with E-state index in [1.165, 1.54) is 18.2 Å². The highest BCUT2D eigenvalue weighted by Gasteiger charge is 2.27. The molecule has 2 aliphatic heterocycles. The molecule has 0 saturated carbocycles. The number of hydrogen-bond acceptors (Lipinski definition) is 6. The van der Waals surface area contributed by atoms with Gasteiger partial charge in [-0.15, -0.1) is 0 Å². The molecule has 30 heavy (non-hydrogen) atoms. The van der Waals surface area contributed by atoms with E-state index in [9.17, 15) is 12.8 Å². The smallest absolute Gasteiger partial charge is 0.240 e. The molecule has 2 aromatic carbocycles. The Morgan fingerprint density at radius 2 is 1.80 bits per heavy atom. The third-order valence-electron chi connectivity index (χ3n) is 5.67. The van der Waals surface area contributed by atoms with Crippen molar-refractivity contribution in [1.29, 1.82) is 0 Å². The van der Waals surface area contributed by atoms with E-state index in [1.54, 1.807) is 6.92 Å². The predicted octanol–water partition coefficient (Wildman–Crippen LogP) is 2.13. The highest BCUT2D eigenvalue weighted by Crippen LogP contribution is 2.35. The summed E-state index contributed by atoms with van der Waals surface area (Å²) in [6, 6.07) is 9.39. The van der Waals surface area contributed by atoms with Gasteiger partial charge in [-0.1, -0.05) is 6.07 Å². The average molecular weight is 436 g/mol. The van der Waals surface area contributed by atoms with Crippen molar-refractivity contribution < 1.29 is 22.3 Å². The molecule has 0 spiro atoms. The molecule has 1 N–H and O–H groups in total. The number of nitrogens with one attached hydrogen (secondary N) is 1. The Labute approximate surface area is 176 Å². The lowest BCUT2D eigenvalue weighted by molar-refractivity contribution is 0.112. The standard InChI is InChI=1S/C21H26FN3O4S/c1-15-11-17(4-5-18(15)22)30(26,27)23-13-19(25-9-7-24(2)8-10-25)16-3-6-20-21(12-16)29-14-28-20/h3-6,11-12,19,23H,7-10,13-14H2,1-2H3. The van der Waals surface area contributed by atoms with Crippen LogP contribution in [-0.4, -0.2) is 64.8 Å². The monoisotopic (exact) mass is 435 g/mol. The SMILES string of the molecule is Cc1cc(S(=O)(=O)NCC(c2ccc3c(c2)OCO3)N2CCN(C)CC2)ccc1F. The van der Waals surface area contributed by atoms with Gasteiger partial charge in [0, 0.05) is 38.8 Å². The van der Waals surface area contributed by atoms with Crippen LogP contribution in [0.4, 0.5) is 4.39 Å². The van der Waals surface area contributed by atoms with Gasteiger partial charge in [0.25, 0.3) is 0 Å². The number of aryl methyl sites for hydroxylation is 1. The first kappa shape index (κ1) is 21.0. The summed E-state index contributed by atoms with van der Waals surface area (Å²) in [6.07, 6.45) is 0. The maximum absolute atomic E-state index is 13.6. The van der Waals surface area contributed by atoms with Crippen LogP contribution < -0.4 is 14.2 Å². The molecule has 2 aliphatic rings. The molecule has 1 atom stereocenters. The number of hydrogen-bond donors (Lipinski definition) is 1. The lowest BCUT2D eigenvalue weighted by atomic mass is 10.0. The van der Waals surface area contributed by atoms with E-state index >= 15 is 0 Å². The second-order valence-electron chi connectivity index (χ2n) is 7.73. The zero-order valence-electron chi connectivity index (χ0n) is 17.1. The number of nitrogens with zero attached hydrogens (tertiary/aromatic N) is 2. The first-order valence-corrected chi connectivity index (χ1v) is 11.4. The van der Waals surface area contributed by atoms with Crippen LogP contribution in [-0.2, 0) is 10.0 Å². The van der Waals surface area contributed by atoms with Gasteiger partial charge in [0.2, 0.25) is 16.8 Å². The fourth-order valence-corrected chi connectivity index (χ4v) is 4.89. The first-order chi connectivity index (χ1) is 14.3. The molecule has 0 bridgehead atoms. The second kappa shape index (κ2) is 8.50. The quantitative estimate of drug-likeness (QED) is 0.750. The van der Waals surface area contributed by atoms with Crippen molar-refractivity contribution in [2.24, 2.45) is 0 Å². The molecule has 0 aromatic heterocycles. The maximum Gasteiger partial charge on any atom is 0.240 e. The number of benzene rings is 2. The Balaban J connectivity index is 1.57. The van der Waals surface area contributed by atoms with Crippen LogP contribution in [0.15, 0.2) is 41.3 Å². The van der Waals surface area contributed by atoms with Gasteiger partial charge in [0.05, 0.1) is 4.90 Å². The van der Waals surface area contributed by atoms with Gasteiger partial charge in [0.15, 0.2) is 11.5 Å². The fourth-order valence-electron chi connectivity index (χ4n) is 3.77. The van der Waals surface area contributed by atoms with Crippen molar-refractivity contribution in [3.05, 3.63) is 53.3 Å². The zero-order valence-corrected chi connectivity index (χ0v) is 17.9. The van der Waals surface area contributed by atoms with Crippen molar-refractivity contribution in [2.75, 3.05) is 46.6 Å². The molecule has 0 radical (unpaired) electrons. The Morgan fingerprint density at radius 1 is 1.07 bits per heavy atom. The molecule has 1 fully saturated rings. The largest absolute Gasteiger partial charge is 0.454 e. The Hall–Kier alpha value is -2.20. The van der Waals surface area contributed by atoms with Gasteiger partial charge in [0.1, 0.15) is 5.82 Å². The second-order valence-corrected chi connectivity index (χ2v) is 9.50. The molecular formula is C21H26FN3O4S. The summed E-state index contributed by atoms with van der Waals surface area (Å²) in [6.45, 7) is 5.40. The van der Waals surface area contributed by atoms with Crippen LogP contribution in [0.3, 0.4) is 0 Å². The number of halogens is 1. The van der Waals surface area contributed by atoms with Crippen LogP contribution in [0.25, 0.3) is 0 Å². The average Bonchev–Trinajstić information content (AvgIpc) is 3.19. The van der Waals surface area contributed by atoms with Crippen LogP contribution in [0.2, 0.25) is 0 Å². The number of piperazine rings is 1. The minimum atomic E-state index is -3.77. The lowest BCUT2D eigenvalue weighted by Crippen LogP contribution is -2.48. The van der Waals surface area contributed by atoms with Crippen LogP contribution in [0.1, 0.15) is 17.2 Å². The topological polar surface area (TPSA) is 71.1 Å². The van der Waals surface area contributed by atoms with Gasteiger partial charge < -0.3 is 14.4 Å². The van der Waals surface area contributed by atoms with Crippen molar-refractivity contribution in [2.45, 2.75) is 17.9 Å². The van der Waals surface area contributed by atoms with Crippen LogP contribution in [0.5, 0.6) is 11.5 Å². The molecule has 7 nitrogen and oxygen atoms in total. The van der Waals surface area contributed by atoms with Crippen molar-refractivity contribution in [3.8, 4) is 11.5 Å². The molecule has 9 heteroatoms. The summed E-state index contributed by atoms with van der Waals surface area (Å²) in [4.78, 5) is 4.58. The Morgan fingerprint density at radius 3 is 2.53 bits per heavy atom. The van der Waals surface area contributed by atoms with Crippen LogP contribution >= 0.6 is 0 Å². The normalized spacial score (nSPS) is 18.5. The van der Waals surface area contributed by atoms with E-state index in [0.717, 1.165) is 31.7 Å². The Bertz CT molecular complexity index is 1020. The molecule has 162 valence electrons. The number of fused-ring (bicyclic) bond motifs is 1. The minimum Gasteiger partial charge on any atom is -0.454 e. The summed E-state index contributed by atoms with van der Waals surface area (Å²) in [5, 5.41) is 0. The fraction of sp³-hybridized carbons (Fsp3) is 0.429. The number of rotatable bonds is 6. The van der Waals surface area contributed by atoms with Gasteiger partial charge >= 0.3 is 0 Å². The van der Waals surface area contributed by atoms with Gasteiger partial charge in [-0.3, -0.25) is 4.90 Å². The van der Waals surface area contributed by atoms with Crippen LogP contribution in [0, 0.1) is 12.7 Å². The van der Waals surface area contributed by atoms with E-state index in [-0.39, 0.29) is 24.3 Å². The van der Waals surface area contributed by atoms with E-state index in [4.69, 9.17) is 9.47 Å². The van der Waals surface area contributed by atoms with Gasteiger partial charge in [-0.25, -0.2) is 17.5 Å². The Kier molecular flexibility index (Phi) is 5.97. The first-order valence-electron chi connectivity index (χ1n) is 9.91. The zero-order chi connectivity index (χ0) is 21.3. The number of likely N-dealkylation sites (N-methyl/N-ethyl adjacent to an activating group) is 1. The molecular weight excluding hydrogens is 409 g/mol. The van der Waals surface area contributed by atoms with E-state index in [2.05, 4.69) is 21.6 Å². The molecule has 1 unspecified atom stereocenters.